The molecule has 0 aliphatic carbocycles. The molecule has 4 heterocycles. The number of pyridine rings is 1. The second-order valence-corrected chi connectivity index (χ2v) is 8.49. The van der Waals surface area contributed by atoms with Crippen LogP contribution in [0.15, 0.2) is 35.3 Å². The van der Waals surface area contributed by atoms with E-state index in [1.165, 1.54) is 0 Å². The Bertz CT molecular complexity index is 1300. The van der Waals surface area contributed by atoms with E-state index in [0.717, 1.165) is 11.3 Å². The van der Waals surface area contributed by atoms with Crippen molar-refractivity contribution in [2.75, 3.05) is 23.8 Å². The molecule has 0 bridgehead atoms. The number of anilines is 3. The molecule has 31 heavy (non-hydrogen) atoms. The molecule has 1 unspecified atom stereocenters. The van der Waals surface area contributed by atoms with E-state index in [1.54, 1.807) is 16.9 Å². The first-order chi connectivity index (χ1) is 14.9. The molecule has 0 saturated carbocycles. The fourth-order valence-electron chi connectivity index (χ4n) is 4.36. The summed E-state index contributed by atoms with van der Waals surface area (Å²) in [5, 5.41) is 20.8. The number of hydrogen-bond donors (Lipinski definition) is 3. The lowest BCUT2D eigenvalue weighted by Crippen LogP contribution is -2.30. The molecule has 0 radical (unpaired) electrons. The number of H-pyrrole nitrogens is 1. The van der Waals surface area contributed by atoms with Crippen molar-refractivity contribution in [2.45, 2.75) is 31.7 Å². The number of aromatic amines is 1. The van der Waals surface area contributed by atoms with Gasteiger partial charge in [0.05, 0.1) is 35.6 Å². The fraction of sp³-hybridized carbons (Fsp3) is 0.364. The highest BCUT2D eigenvalue weighted by Crippen LogP contribution is 2.39. The van der Waals surface area contributed by atoms with Crippen molar-refractivity contribution in [2.24, 2.45) is 5.92 Å². The molecule has 1 fully saturated rings. The van der Waals surface area contributed by atoms with Gasteiger partial charge in [0.1, 0.15) is 5.39 Å². The minimum Gasteiger partial charge on any atom is -0.379 e. The van der Waals surface area contributed by atoms with Gasteiger partial charge in [-0.25, -0.2) is 0 Å². The Morgan fingerprint density at radius 1 is 1.32 bits per heavy atom. The van der Waals surface area contributed by atoms with Gasteiger partial charge in [-0.2, -0.15) is 10.4 Å². The zero-order valence-electron chi connectivity index (χ0n) is 17.2. The quantitative estimate of drug-likeness (QED) is 0.601. The highest BCUT2D eigenvalue weighted by Gasteiger charge is 2.38. The number of hydrogen-bond acceptors (Lipinski definition) is 6. The van der Waals surface area contributed by atoms with Gasteiger partial charge in [-0.05, 0) is 44.0 Å². The summed E-state index contributed by atoms with van der Waals surface area (Å²) in [6, 6.07) is 9.45. The SMILES string of the molecule is CC1(C)C(=O)Nc2cc(Nc3nn([C@H]4COCCC4C#N)c4cc[nH]c(=O)c34)ccc21. The lowest BCUT2D eigenvalue weighted by Gasteiger charge is -2.27. The smallest absolute Gasteiger partial charge is 0.261 e. The maximum atomic E-state index is 12.7. The van der Waals surface area contributed by atoms with Gasteiger partial charge in [-0.3, -0.25) is 14.3 Å². The highest BCUT2D eigenvalue weighted by molar-refractivity contribution is 6.06. The van der Waals surface area contributed by atoms with Crippen LogP contribution in [0.2, 0.25) is 0 Å². The summed E-state index contributed by atoms with van der Waals surface area (Å²) in [5.74, 6) is 0.0924. The number of nitriles is 1. The highest BCUT2D eigenvalue weighted by atomic mass is 16.5. The van der Waals surface area contributed by atoms with Crippen LogP contribution in [0.4, 0.5) is 17.2 Å². The molecular weight excluding hydrogens is 396 g/mol. The molecule has 1 amide bonds. The molecule has 1 aromatic carbocycles. The van der Waals surface area contributed by atoms with Crippen molar-refractivity contribution in [3.8, 4) is 6.07 Å². The first-order valence-corrected chi connectivity index (χ1v) is 10.2. The third kappa shape index (κ3) is 2.99. The van der Waals surface area contributed by atoms with Crippen LogP contribution in [0.1, 0.15) is 31.9 Å². The largest absolute Gasteiger partial charge is 0.379 e. The van der Waals surface area contributed by atoms with Crippen LogP contribution in [-0.4, -0.2) is 33.9 Å². The van der Waals surface area contributed by atoms with E-state index in [4.69, 9.17) is 4.74 Å². The second-order valence-electron chi connectivity index (χ2n) is 8.49. The van der Waals surface area contributed by atoms with Crippen molar-refractivity contribution in [1.82, 2.24) is 14.8 Å². The van der Waals surface area contributed by atoms with E-state index < -0.39 is 5.41 Å². The summed E-state index contributed by atoms with van der Waals surface area (Å²) in [4.78, 5) is 27.6. The van der Waals surface area contributed by atoms with Crippen molar-refractivity contribution < 1.29 is 9.53 Å². The van der Waals surface area contributed by atoms with Gasteiger partial charge in [-0.15, -0.1) is 0 Å². The van der Waals surface area contributed by atoms with E-state index in [2.05, 4.69) is 26.8 Å². The minimum absolute atomic E-state index is 0.0503. The lowest BCUT2D eigenvalue weighted by atomic mass is 9.86. The van der Waals surface area contributed by atoms with Crippen LogP contribution < -0.4 is 16.2 Å². The molecule has 2 aromatic heterocycles. The topological polar surface area (TPSA) is 125 Å². The van der Waals surface area contributed by atoms with Gasteiger partial charge in [-0.1, -0.05) is 6.07 Å². The Morgan fingerprint density at radius 3 is 2.97 bits per heavy atom. The van der Waals surface area contributed by atoms with E-state index in [-0.39, 0.29) is 23.4 Å². The van der Waals surface area contributed by atoms with Gasteiger partial charge in [0.15, 0.2) is 5.82 Å². The lowest BCUT2D eigenvalue weighted by molar-refractivity contribution is -0.119. The minimum atomic E-state index is -0.591. The Hall–Kier alpha value is -3.64. The predicted molar refractivity (Wildman–Crippen MR) is 115 cm³/mol. The van der Waals surface area contributed by atoms with E-state index >= 15 is 0 Å². The molecule has 1 saturated heterocycles. The van der Waals surface area contributed by atoms with E-state index in [0.29, 0.717) is 42.0 Å². The fourth-order valence-corrected chi connectivity index (χ4v) is 4.36. The summed E-state index contributed by atoms with van der Waals surface area (Å²) in [6.45, 7) is 4.67. The third-order valence-electron chi connectivity index (χ3n) is 6.21. The van der Waals surface area contributed by atoms with Crippen LogP contribution in [0.5, 0.6) is 0 Å². The summed E-state index contributed by atoms with van der Waals surface area (Å²) in [5.41, 5.74) is 2.13. The van der Waals surface area contributed by atoms with Crippen molar-refractivity contribution in [3.63, 3.8) is 0 Å². The van der Waals surface area contributed by atoms with E-state index in [9.17, 15) is 14.9 Å². The Kier molecular flexibility index (Phi) is 4.34. The number of fused-ring (bicyclic) bond motifs is 2. The van der Waals surface area contributed by atoms with Crippen LogP contribution >= 0.6 is 0 Å². The van der Waals surface area contributed by atoms with Crippen LogP contribution in [0.25, 0.3) is 10.9 Å². The standard InChI is InChI=1S/C22H22N6O3/c1-22(2)14-4-3-13(9-15(14)26-21(22)30)25-19-18-16(5-7-24-20(18)29)28(27-19)17-11-31-8-6-12(17)10-23/h3-5,7,9,12,17H,6,8,11H2,1-2H3,(H,24,29)(H,25,27)(H,26,30)/t12?,17-/m0/s1. The normalized spacial score (nSPS) is 22.0. The molecule has 3 N–H and O–H groups in total. The van der Waals surface area contributed by atoms with Crippen LogP contribution in [0.3, 0.4) is 0 Å². The van der Waals surface area contributed by atoms with Crippen molar-refractivity contribution >= 4 is 34.0 Å². The molecule has 0 spiro atoms. The zero-order valence-corrected chi connectivity index (χ0v) is 17.2. The molecule has 9 nitrogen and oxygen atoms in total. The molecule has 9 heteroatoms. The number of carbonyl (C=O) groups excluding carboxylic acids is 1. The van der Waals surface area contributed by atoms with Crippen molar-refractivity contribution in [1.29, 1.82) is 5.26 Å². The summed E-state index contributed by atoms with van der Waals surface area (Å²) >= 11 is 0. The molecule has 3 aromatic rings. The second kappa shape index (κ2) is 6.96. The average molecular weight is 418 g/mol. The van der Waals surface area contributed by atoms with Gasteiger partial charge < -0.3 is 20.4 Å². The van der Waals surface area contributed by atoms with Gasteiger partial charge in [0.2, 0.25) is 5.91 Å². The number of carbonyl (C=O) groups is 1. The first kappa shape index (κ1) is 19.3. The van der Waals surface area contributed by atoms with Gasteiger partial charge >= 0.3 is 0 Å². The number of amides is 1. The molecule has 2 aliphatic heterocycles. The van der Waals surface area contributed by atoms with Gasteiger partial charge in [0, 0.05) is 24.2 Å². The van der Waals surface area contributed by atoms with E-state index in [1.807, 2.05) is 32.0 Å². The zero-order chi connectivity index (χ0) is 21.8. The Balaban J connectivity index is 1.58. The molecule has 2 atom stereocenters. The Morgan fingerprint density at radius 2 is 2.16 bits per heavy atom. The number of nitrogens with zero attached hydrogens (tertiary/aromatic N) is 3. The molecular formula is C22H22N6O3. The molecule has 2 aliphatic rings. The van der Waals surface area contributed by atoms with Crippen LogP contribution in [0, 0.1) is 17.2 Å². The predicted octanol–water partition coefficient (Wildman–Crippen LogP) is 2.80. The first-order valence-electron chi connectivity index (χ1n) is 10.2. The van der Waals surface area contributed by atoms with Crippen molar-refractivity contribution in [3.05, 3.63) is 46.4 Å². The molecule has 5 rings (SSSR count). The maximum Gasteiger partial charge on any atom is 0.261 e. The number of rotatable bonds is 3. The third-order valence-corrected chi connectivity index (χ3v) is 6.21. The maximum absolute atomic E-state index is 12.7. The number of benzene rings is 1. The number of aromatic nitrogens is 3. The molecule has 158 valence electrons. The van der Waals surface area contributed by atoms with Crippen LogP contribution in [-0.2, 0) is 14.9 Å². The number of nitrogens with one attached hydrogen (secondary N) is 3. The summed E-state index contributed by atoms with van der Waals surface area (Å²) < 4.78 is 7.32. The summed E-state index contributed by atoms with van der Waals surface area (Å²) in [7, 11) is 0. The Labute approximate surface area is 178 Å². The monoisotopic (exact) mass is 418 g/mol. The van der Waals surface area contributed by atoms with Gasteiger partial charge in [0.25, 0.3) is 5.56 Å². The summed E-state index contributed by atoms with van der Waals surface area (Å²) in [6.07, 6.45) is 2.19. The average Bonchev–Trinajstić information content (AvgIpc) is 3.23. The number of ether oxygens (including phenoxy) is 1.